The standard InChI is InChI=1S/C31H43N5O3/c37-30(32-29-13-5-4-12-28(29)26-10-2-1-3-11-26)39-27-14-22-34(23-15-27)19-9-21-36-25-24-35(31(36)38)20-8-18-33-16-6-7-17-33/h1-5,10-13,27H,6-9,14-25H2,(H,32,37). The smallest absolute Gasteiger partial charge is 0.411 e. The van der Waals surface area contributed by atoms with Gasteiger partial charge in [0, 0.05) is 44.8 Å². The Labute approximate surface area is 232 Å². The molecule has 3 amide bonds. The maximum atomic E-state index is 12.8. The van der Waals surface area contributed by atoms with Crippen LogP contribution < -0.4 is 5.32 Å². The second-order valence-electron chi connectivity index (χ2n) is 11.0. The third kappa shape index (κ3) is 7.73. The Morgan fingerprint density at radius 2 is 1.33 bits per heavy atom. The van der Waals surface area contributed by atoms with Crippen LogP contribution >= 0.6 is 0 Å². The molecule has 8 heteroatoms. The largest absolute Gasteiger partial charge is 0.446 e. The van der Waals surface area contributed by atoms with Gasteiger partial charge in [-0.15, -0.1) is 0 Å². The minimum absolute atomic E-state index is 0.0700. The first-order chi connectivity index (χ1) is 19.2. The van der Waals surface area contributed by atoms with Gasteiger partial charge >= 0.3 is 12.1 Å². The van der Waals surface area contributed by atoms with E-state index in [0.717, 1.165) is 94.9 Å². The van der Waals surface area contributed by atoms with E-state index >= 15 is 0 Å². The van der Waals surface area contributed by atoms with Crippen molar-refractivity contribution < 1.29 is 14.3 Å². The number of para-hydroxylation sites is 1. The minimum Gasteiger partial charge on any atom is -0.446 e. The first-order valence-corrected chi connectivity index (χ1v) is 14.8. The number of urea groups is 1. The minimum atomic E-state index is -0.394. The van der Waals surface area contributed by atoms with E-state index in [2.05, 4.69) is 15.1 Å². The SMILES string of the molecule is O=C(Nc1ccccc1-c1ccccc1)OC1CCN(CCCN2CCN(CCCN3CCCC3)C2=O)CC1. The summed E-state index contributed by atoms with van der Waals surface area (Å²) in [6.07, 6.45) is 5.90. The van der Waals surface area contributed by atoms with Crippen LogP contribution in [0, 0.1) is 0 Å². The summed E-state index contributed by atoms with van der Waals surface area (Å²) < 4.78 is 5.77. The van der Waals surface area contributed by atoms with E-state index < -0.39 is 6.09 Å². The fourth-order valence-corrected chi connectivity index (χ4v) is 6.03. The number of piperidine rings is 1. The molecule has 2 aromatic carbocycles. The molecule has 0 unspecified atom stereocenters. The fourth-order valence-electron chi connectivity index (χ4n) is 6.03. The van der Waals surface area contributed by atoms with E-state index in [1.54, 1.807) is 0 Å². The van der Waals surface area contributed by atoms with Crippen LogP contribution in [0.1, 0.15) is 38.5 Å². The van der Waals surface area contributed by atoms with Crippen molar-refractivity contribution in [1.82, 2.24) is 19.6 Å². The summed E-state index contributed by atoms with van der Waals surface area (Å²) in [4.78, 5) is 34.4. The van der Waals surface area contributed by atoms with Crippen LogP contribution in [-0.4, -0.2) is 103 Å². The van der Waals surface area contributed by atoms with Gasteiger partial charge in [0.2, 0.25) is 0 Å². The number of anilines is 1. The van der Waals surface area contributed by atoms with Crippen molar-refractivity contribution in [1.29, 1.82) is 0 Å². The molecule has 0 radical (unpaired) electrons. The molecule has 3 fully saturated rings. The van der Waals surface area contributed by atoms with Crippen molar-refractivity contribution in [2.75, 3.05) is 70.8 Å². The summed E-state index contributed by atoms with van der Waals surface area (Å²) >= 11 is 0. The molecule has 0 bridgehead atoms. The lowest BCUT2D eigenvalue weighted by atomic mass is 10.0. The first-order valence-electron chi connectivity index (χ1n) is 14.8. The highest BCUT2D eigenvalue weighted by molar-refractivity contribution is 5.91. The number of hydrogen-bond acceptors (Lipinski definition) is 5. The quantitative estimate of drug-likeness (QED) is 0.441. The van der Waals surface area contributed by atoms with E-state index in [1.807, 2.05) is 64.4 Å². The van der Waals surface area contributed by atoms with Crippen molar-refractivity contribution in [2.24, 2.45) is 0 Å². The van der Waals surface area contributed by atoms with E-state index in [0.29, 0.717) is 0 Å². The van der Waals surface area contributed by atoms with Gasteiger partial charge in [-0.05, 0) is 76.3 Å². The lowest BCUT2D eigenvalue weighted by Gasteiger charge is -2.32. The Balaban J connectivity index is 0.970. The van der Waals surface area contributed by atoms with Crippen molar-refractivity contribution in [2.45, 2.75) is 44.6 Å². The van der Waals surface area contributed by atoms with Crippen LogP contribution in [0.25, 0.3) is 11.1 Å². The number of amides is 3. The molecule has 8 nitrogen and oxygen atoms in total. The molecule has 0 spiro atoms. The van der Waals surface area contributed by atoms with Crippen LogP contribution in [-0.2, 0) is 4.74 Å². The molecule has 3 aliphatic heterocycles. The van der Waals surface area contributed by atoms with Gasteiger partial charge in [-0.3, -0.25) is 5.32 Å². The van der Waals surface area contributed by atoms with E-state index in [-0.39, 0.29) is 12.1 Å². The Kier molecular flexibility index (Phi) is 9.72. The number of nitrogens with one attached hydrogen (secondary N) is 1. The van der Waals surface area contributed by atoms with Crippen LogP contribution in [0.3, 0.4) is 0 Å². The van der Waals surface area contributed by atoms with Crippen molar-refractivity contribution >= 4 is 17.8 Å². The Hall–Kier alpha value is -3.10. The summed E-state index contributed by atoms with van der Waals surface area (Å²) in [6, 6.07) is 18.1. The Morgan fingerprint density at radius 1 is 0.744 bits per heavy atom. The number of ether oxygens (including phenoxy) is 1. The summed E-state index contributed by atoms with van der Waals surface area (Å²) in [7, 11) is 0. The number of carbonyl (C=O) groups is 2. The van der Waals surface area contributed by atoms with Crippen molar-refractivity contribution in [3.05, 3.63) is 54.6 Å². The van der Waals surface area contributed by atoms with E-state index in [1.165, 1.54) is 25.9 Å². The van der Waals surface area contributed by atoms with Crippen LogP contribution in [0.4, 0.5) is 15.3 Å². The second-order valence-corrected chi connectivity index (χ2v) is 11.0. The van der Waals surface area contributed by atoms with Crippen LogP contribution in [0.5, 0.6) is 0 Å². The molecule has 0 saturated carbocycles. The molecular formula is C31H43N5O3. The molecule has 39 heavy (non-hydrogen) atoms. The number of rotatable bonds is 11. The number of likely N-dealkylation sites (tertiary alicyclic amines) is 2. The highest BCUT2D eigenvalue weighted by Gasteiger charge is 2.28. The predicted molar refractivity (Wildman–Crippen MR) is 155 cm³/mol. The monoisotopic (exact) mass is 533 g/mol. The van der Waals surface area contributed by atoms with Gasteiger partial charge in [0.1, 0.15) is 6.10 Å². The molecule has 3 aliphatic rings. The molecule has 0 aromatic heterocycles. The summed E-state index contributed by atoms with van der Waals surface area (Å²) in [5.74, 6) is 0. The van der Waals surface area contributed by atoms with Gasteiger partial charge in [0.25, 0.3) is 0 Å². The fraction of sp³-hybridized carbons (Fsp3) is 0.548. The number of hydrogen-bond donors (Lipinski definition) is 1. The normalized spacial score (nSPS) is 19.1. The lowest BCUT2D eigenvalue weighted by Crippen LogP contribution is -2.40. The van der Waals surface area contributed by atoms with Gasteiger partial charge in [-0.2, -0.15) is 0 Å². The highest BCUT2D eigenvalue weighted by atomic mass is 16.6. The average molecular weight is 534 g/mol. The molecule has 5 rings (SSSR count). The molecule has 1 N–H and O–H groups in total. The maximum Gasteiger partial charge on any atom is 0.411 e. The third-order valence-corrected chi connectivity index (χ3v) is 8.24. The van der Waals surface area contributed by atoms with Crippen LogP contribution in [0.2, 0.25) is 0 Å². The molecule has 3 saturated heterocycles. The zero-order valence-corrected chi connectivity index (χ0v) is 23.1. The Bertz CT molecular complexity index is 1070. The topological polar surface area (TPSA) is 68.4 Å². The second kappa shape index (κ2) is 13.8. The van der Waals surface area contributed by atoms with Gasteiger partial charge in [-0.1, -0.05) is 48.5 Å². The van der Waals surface area contributed by atoms with E-state index in [4.69, 9.17) is 4.74 Å². The van der Waals surface area contributed by atoms with Gasteiger partial charge < -0.3 is 24.3 Å². The molecule has 0 aliphatic carbocycles. The van der Waals surface area contributed by atoms with Gasteiger partial charge in [0.15, 0.2) is 0 Å². The summed E-state index contributed by atoms with van der Waals surface area (Å²) in [5.41, 5.74) is 2.79. The summed E-state index contributed by atoms with van der Waals surface area (Å²) in [5, 5.41) is 2.95. The molecule has 3 heterocycles. The molecule has 2 aromatic rings. The predicted octanol–water partition coefficient (Wildman–Crippen LogP) is 4.98. The Morgan fingerprint density at radius 3 is 2.00 bits per heavy atom. The lowest BCUT2D eigenvalue weighted by molar-refractivity contribution is 0.0581. The first kappa shape index (κ1) is 27.5. The zero-order valence-electron chi connectivity index (χ0n) is 23.1. The number of benzene rings is 2. The zero-order chi connectivity index (χ0) is 26.9. The van der Waals surface area contributed by atoms with Crippen molar-refractivity contribution in [3.8, 4) is 11.1 Å². The van der Waals surface area contributed by atoms with E-state index in [9.17, 15) is 9.59 Å². The molecular weight excluding hydrogens is 490 g/mol. The number of carbonyl (C=O) groups excluding carboxylic acids is 2. The van der Waals surface area contributed by atoms with Gasteiger partial charge in [-0.25, -0.2) is 9.59 Å². The highest BCUT2D eigenvalue weighted by Crippen LogP contribution is 2.28. The number of nitrogens with zero attached hydrogens (tertiary/aromatic N) is 4. The van der Waals surface area contributed by atoms with Crippen LogP contribution in [0.15, 0.2) is 54.6 Å². The average Bonchev–Trinajstić information content (AvgIpc) is 3.61. The third-order valence-electron chi connectivity index (χ3n) is 8.24. The van der Waals surface area contributed by atoms with Crippen molar-refractivity contribution in [3.63, 3.8) is 0 Å². The molecule has 210 valence electrons. The summed E-state index contributed by atoms with van der Waals surface area (Å²) in [6.45, 7) is 9.77. The molecule has 0 atom stereocenters. The maximum absolute atomic E-state index is 12.8. The van der Waals surface area contributed by atoms with Gasteiger partial charge in [0.05, 0.1) is 5.69 Å².